The Labute approximate surface area is 150 Å². The Morgan fingerprint density at radius 1 is 1.36 bits per heavy atom. The van der Waals surface area contributed by atoms with Crippen molar-refractivity contribution in [3.8, 4) is 0 Å². The number of carbonyl (C=O) groups excluding carboxylic acids is 2. The average Bonchev–Trinajstić information content (AvgIpc) is 2.56. The lowest BCUT2D eigenvalue weighted by Crippen LogP contribution is -2.38. The first-order valence-electron chi connectivity index (χ1n) is 9.03. The van der Waals surface area contributed by atoms with E-state index in [-0.39, 0.29) is 6.09 Å². The molecule has 25 heavy (non-hydrogen) atoms. The van der Waals surface area contributed by atoms with Crippen LogP contribution in [0.2, 0.25) is 0 Å². The van der Waals surface area contributed by atoms with Gasteiger partial charge in [0.1, 0.15) is 17.7 Å². The monoisotopic (exact) mass is 347 g/mol. The largest absolute Gasteiger partial charge is 0.444 e. The van der Waals surface area contributed by atoms with Crippen LogP contribution in [-0.4, -0.2) is 47.5 Å². The Morgan fingerprint density at radius 2 is 2.16 bits per heavy atom. The second-order valence-electron chi connectivity index (χ2n) is 7.37. The van der Waals surface area contributed by atoms with Gasteiger partial charge in [0.25, 0.3) is 0 Å². The van der Waals surface area contributed by atoms with E-state index in [0.29, 0.717) is 19.5 Å². The van der Waals surface area contributed by atoms with E-state index in [0.717, 1.165) is 50.0 Å². The predicted molar refractivity (Wildman–Crippen MR) is 97.9 cm³/mol. The Kier molecular flexibility index (Phi) is 6.79. The molecule has 1 N–H and O–H groups in total. The number of nitrogens with zero attached hydrogens (tertiary/aromatic N) is 2. The SMILES string of the molecule is CC(C)(C)OC(=O)N(CCC=O)CCCc1ccc2c(n1)NCCC2. The van der Waals surface area contributed by atoms with E-state index in [1.165, 1.54) is 5.56 Å². The highest BCUT2D eigenvalue weighted by atomic mass is 16.6. The van der Waals surface area contributed by atoms with Crippen molar-refractivity contribution in [2.75, 3.05) is 25.0 Å². The summed E-state index contributed by atoms with van der Waals surface area (Å²) in [5, 5.41) is 3.34. The third kappa shape index (κ3) is 6.36. The molecule has 6 heteroatoms. The Hall–Kier alpha value is -2.11. The van der Waals surface area contributed by atoms with Gasteiger partial charge < -0.3 is 19.7 Å². The summed E-state index contributed by atoms with van der Waals surface area (Å²) in [7, 11) is 0. The molecule has 0 radical (unpaired) electrons. The molecule has 0 aliphatic carbocycles. The molecule has 2 heterocycles. The maximum Gasteiger partial charge on any atom is 0.410 e. The molecule has 1 aromatic rings. The zero-order chi connectivity index (χ0) is 18.3. The summed E-state index contributed by atoms with van der Waals surface area (Å²) in [6, 6.07) is 4.21. The Bertz CT molecular complexity index is 596. The summed E-state index contributed by atoms with van der Waals surface area (Å²) in [6.45, 7) is 7.43. The first-order chi connectivity index (χ1) is 11.9. The van der Waals surface area contributed by atoms with Gasteiger partial charge in [0.2, 0.25) is 0 Å². The number of pyridine rings is 1. The van der Waals surface area contributed by atoms with Gasteiger partial charge in [0.15, 0.2) is 0 Å². The fourth-order valence-corrected chi connectivity index (χ4v) is 2.79. The van der Waals surface area contributed by atoms with Gasteiger partial charge in [-0.3, -0.25) is 0 Å². The molecule has 1 aromatic heterocycles. The normalized spacial score (nSPS) is 13.6. The first-order valence-corrected chi connectivity index (χ1v) is 9.03. The minimum absolute atomic E-state index is 0.320. The van der Waals surface area contributed by atoms with E-state index in [4.69, 9.17) is 4.74 Å². The van der Waals surface area contributed by atoms with Crippen LogP contribution in [-0.2, 0) is 22.4 Å². The molecule has 138 valence electrons. The van der Waals surface area contributed by atoms with Gasteiger partial charge in [-0.2, -0.15) is 0 Å². The van der Waals surface area contributed by atoms with Crippen molar-refractivity contribution < 1.29 is 14.3 Å². The van der Waals surface area contributed by atoms with Crippen LogP contribution in [0.5, 0.6) is 0 Å². The lowest BCUT2D eigenvalue weighted by Gasteiger charge is -2.27. The third-order valence-corrected chi connectivity index (χ3v) is 3.98. The zero-order valence-electron chi connectivity index (χ0n) is 15.5. The lowest BCUT2D eigenvalue weighted by molar-refractivity contribution is -0.108. The number of aryl methyl sites for hydroxylation is 2. The molecule has 6 nitrogen and oxygen atoms in total. The van der Waals surface area contributed by atoms with Crippen LogP contribution in [0.1, 0.15) is 51.3 Å². The summed E-state index contributed by atoms with van der Waals surface area (Å²) in [5.74, 6) is 0.994. The van der Waals surface area contributed by atoms with Crippen molar-refractivity contribution in [1.29, 1.82) is 0 Å². The molecule has 1 amide bonds. The predicted octanol–water partition coefficient (Wildman–Crippen LogP) is 3.20. The van der Waals surface area contributed by atoms with Gasteiger partial charge >= 0.3 is 6.09 Å². The maximum atomic E-state index is 12.3. The number of carbonyl (C=O) groups is 2. The van der Waals surface area contributed by atoms with Crippen LogP contribution in [0.15, 0.2) is 12.1 Å². The zero-order valence-corrected chi connectivity index (χ0v) is 15.5. The highest BCUT2D eigenvalue weighted by Crippen LogP contribution is 2.20. The molecule has 0 aromatic carbocycles. The fraction of sp³-hybridized carbons (Fsp3) is 0.632. The molecule has 0 bridgehead atoms. The Balaban J connectivity index is 1.89. The number of nitrogens with one attached hydrogen (secondary N) is 1. The van der Waals surface area contributed by atoms with Crippen molar-refractivity contribution in [3.63, 3.8) is 0 Å². The van der Waals surface area contributed by atoms with Gasteiger partial charge in [0, 0.05) is 31.7 Å². The van der Waals surface area contributed by atoms with Crippen molar-refractivity contribution >= 4 is 18.2 Å². The van der Waals surface area contributed by atoms with Gasteiger partial charge in [-0.05, 0) is 58.1 Å². The quantitative estimate of drug-likeness (QED) is 0.767. The second-order valence-corrected chi connectivity index (χ2v) is 7.37. The fourth-order valence-electron chi connectivity index (χ4n) is 2.79. The summed E-state index contributed by atoms with van der Waals surface area (Å²) < 4.78 is 5.42. The summed E-state index contributed by atoms with van der Waals surface area (Å²) in [4.78, 5) is 29.2. The molecule has 1 aliphatic rings. The number of amides is 1. The van der Waals surface area contributed by atoms with Crippen LogP contribution in [0.3, 0.4) is 0 Å². The number of aromatic nitrogens is 1. The minimum Gasteiger partial charge on any atom is -0.444 e. The molecule has 0 atom stereocenters. The molecular weight excluding hydrogens is 318 g/mol. The summed E-state index contributed by atoms with van der Waals surface area (Å²) >= 11 is 0. The minimum atomic E-state index is -0.539. The van der Waals surface area contributed by atoms with Crippen molar-refractivity contribution in [2.45, 2.75) is 58.5 Å². The second kappa shape index (κ2) is 8.83. The number of aldehydes is 1. The van der Waals surface area contributed by atoms with Crippen LogP contribution < -0.4 is 5.32 Å². The average molecular weight is 347 g/mol. The standard InChI is InChI=1S/C19H29N3O3/c1-19(2,3)25-18(24)22(13-6-14-23)12-5-8-16-10-9-15-7-4-11-20-17(15)21-16/h9-10,14H,4-8,11-13H2,1-3H3,(H,20,21). The topological polar surface area (TPSA) is 71.5 Å². The summed E-state index contributed by atoms with van der Waals surface area (Å²) in [6.07, 6.45) is 4.58. The van der Waals surface area contributed by atoms with E-state index in [2.05, 4.69) is 22.4 Å². The van der Waals surface area contributed by atoms with Gasteiger partial charge in [-0.15, -0.1) is 0 Å². The van der Waals surface area contributed by atoms with E-state index < -0.39 is 5.60 Å². The van der Waals surface area contributed by atoms with E-state index in [9.17, 15) is 9.59 Å². The lowest BCUT2D eigenvalue weighted by atomic mass is 10.1. The van der Waals surface area contributed by atoms with E-state index in [1.54, 1.807) is 4.90 Å². The van der Waals surface area contributed by atoms with Gasteiger partial charge in [0.05, 0.1) is 0 Å². The van der Waals surface area contributed by atoms with Crippen molar-refractivity contribution in [2.24, 2.45) is 0 Å². The van der Waals surface area contributed by atoms with E-state index >= 15 is 0 Å². The molecule has 0 saturated heterocycles. The summed E-state index contributed by atoms with van der Waals surface area (Å²) in [5.41, 5.74) is 1.76. The number of ether oxygens (including phenoxy) is 1. The number of hydrogen-bond donors (Lipinski definition) is 1. The molecular formula is C19H29N3O3. The van der Waals surface area contributed by atoms with E-state index in [1.807, 2.05) is 20.8 Å². The van der Waals surface area contributed by atoms with Crippen molar-refractivity contribution in [1.82, 2.24) is 9.88 Å². The van der Waals surface area contributed by atoms with Crippen molar-refractivity contribution in [3.05, 3.63) is 23.4 Å². The smallest absolute Gasteiger partial charge is 0.410 e. The number of anilines is 1. The molecule has 1 aliphatic heterocycles. The maximum absolute atomic E-state index is 12.3. The molecule has 0 saturated carbocycles. The number of fused-ring (bicyclic) bond motifs is 1. The van der Waals surface area contributed by atoms with Crippen LogP contribution in [0.4, 0.5) is 10.6 Å². The van der Waals surface area contributed by atoms with Gasteiger partial charge in [-0.25, -0.2) is 9.78 Å². The molecule has 0 fully saturated rings. The highest BCUT2D eigenvalue weighted by Gasteiger charge is 2.21. The first kappa shape index (κ1) is 19.2. The highest BCUT2D eigenvalue weighted by molar-refractivity contribution is 5.68. The Morgan fingerprint density at radius 3 is 2.88 bits per heavy atom. The molecule has 2 rings (SSSR count). The van der Waals surface area contributed by atoms with Crippen LogP contribution >= 0.6 is 0 Å². The number of rotatable bonds is 7. The third-order valence-electron chi connectivity index (χ3n) is 3.98. The molecule has 0 unspecified atom stereocenters. The molecule has 0 spiro atoms. The van der Waals surface area contributed by atoms with Gasteiger partial charge in [-0.1, -0.05) is 6.07 Å². The van der Waals surface area contributed by atoms with Crippen LogP contribution in [0.25, 0.3) is 0 Å². The van der Waals surface area contributed by atoms with Crippen LogP contribution in [0, 0.1) is 0 Å². The number of hydrogen-bond acceptors (Lipinski definition) is 5.